The molecule has 2 rings (SSSR count). The molecule has 0 atom stereocenters. The quantitative estimate of drug-likeness (QED) is 0.907. The summed E-state index contributed by atoms with van der Waals surface area (Å²) in [5.74, 6) is -1.74. The molecule has 2 amide bonds. The van der Waals surface area contributed by atoms with Crippen LogP contribution in [0.4, 0.5) is 8.78 Å². The highest BCUT2D eigenvalue weighted by Gasteiger charge is 2.38. The zero-order valence-corrected chi connectivity index (χ0v) is 11.4. The third kappa shape index (κ3) is 3.12. The number of nitrogens with zero attached hydrogens (tertiary/aromatic N) is 1. The van der Waals surface area contributed by atoms with E-state index in [-0.39, 0.29) is 24.9 Å². The number of piperazine rings is 1. The molecule has 1 saturated heterocycles. The molecule has 0 spiro atoms. The Morgan fingerprint density at radius 1 is 1.20 bits per heavy atom. The molecule has 4 nitrogen and oxygen atoms in total. The van der Waals surface area contributed by atoms with Gasteiger partial charge in [-0.15, -0.1) is 0 Å². The first-order valence-corrected chi connectivity index (χ1v) is 6.33. The van der Waals surface area contributed by atoms with Crippen molar-refractivity contribution in [2.24, 2.45) is 0 Å². The zero-order valence-electron chi connectivity index (χ0n) is 11.4. The van der Waals surface area contributed by atoms with Crippen molar-refractivity contribution in [1.29, 1.82) is 0 Å². The first-order valence-electron chi connectivity index (χ1n) is 6.33. The van der Waals surface area contributed by atoms with Crippen molar-refractivity contribution >= 4 is 11.8 Å². The van der Waals surface area contributed by atoms with Crippen LogP contribution in [0.25, 0.3) is 0 Å². The van der Waals surface area contributed by atoms with Crippen LogP contribution in [0.5, 0.6) is 0 Å². The van der Waals surface area contributed by atoms with Crippen LogP contribution in [0.3, 0.4) is 0 Å². The van der Waals surface area contributed by atoms with Gasteiger partial charge in [-0.2, -0.15) is 0 Å². The normalized spacial score (nSPS) is 18.1. The third-order valence-electron chi connectivity index (χ3n) is 3.20. The first-order chi connectivity index (χ1) is 9.28. The predicted molar refractivity (Wildman–Crippen MR) is 68.9 cm³/mol. The number of carbonyl (C=O) groups excluding carboxylic acids is 2. The van der Waals surface area contributed by atoms with E-state index in [9.17, 15) is 18.4 Å². The van der Waals surface area contributed by atoms with Gasteiger partial charge in [-0.05, 0) is 38.0 Å². The Balaban J connectivity index is 2.06. The average molecular weight is 282 g/mol. The summed E-state index contributed by atoms with van der Waals surface area (Å²) in [7, 11) is 0. The fourth-order valence-electron chi connectivity index (χ4n) is 2.28. The van der Waals surface area contributed by atoms with E-state index in [1.54, 1.807) is 13.8 Å². The lowest BCUT2D eigenvalue weighted by Crippen LogP contribution is -2.64. The van der Waals surface area contributed by atoms with Gasteiger partial charge in [-0.1, -0.05) is 0 Å². The summed E-state index contributed by atoms with van der Waals surface area (Å²) in [6.45, 7) is 3.47. The molecule has 6 heteroatoms. The smallest absolute Gasteiger partial charge is 0.248 e. The van der Waals surface area contributed by atoms with Crippen molar-refractivity contribution in [2.45, 2.75) is 25.8 Å². The van der Waals surface area contributed by atoms with Crippen LogP contribution in [0, 0.1) is 11.6 Å². The van der Waals surface area contributed by atoms with Crippen molar-refractivity contribution in [2.75, 3.05) is 13.1 Å². The molecule has 108 valence electrons. The summed E-state index contributed by atoms with van der Waals surface area (Å²) in [4.78, 5) is 25.0. The molecule has 0 radical (unpaired) electrons. The molecule has 0 saturated carbocycles. The molecule has 0 aliphatic carbocycles. The topological polar surface area (TPSA) is 49.4 Å². The molecule has 1 fully saturated rings. The van der Waals surface area contributed by atoms with Gasteiger partial charge < -0.3 is 10.2 Å². The van der Waals surface area contributed by atoms with Crippen LogP contribution in [-0.2, 0) is 16.0 Å². The summed E-state index contributed by atoms with van der Waals surface area (Å²) in [6.07, 6.45) is 0.295. The molecule has 0 bridgehead atoms. The van der Waals surface area contributed by atoms with Gasteiger partial charge in [0.25, 0.3) is 0 Å². The fourth-order valence-corrected chi connectivity index (χ4v) is 2.28. The van der Waals surface area contributed by atoms with Crippen LogP contribution in [0.2, 0.25) is 0 Å². The minimum atomic E-state index is -0.942. The van der Waals surface area contributed by atoms with Gasteiger partial charge >= 0.3 is 0 Å². The number of hydrogen-bond donors (Lipinski definition) is 1. The Morgan fingerprint density at radius 3 is 2.40 bits per heavy atom. The van der Waals surface area contributed by atoms with E-state index >= 15 is 0 Å². The van der Waals surface area contributed by atoms with Crippen molar-refractivity contribution < 1.29 is 18.4 Å². The van der Waals surface area contributed by atoms with Gasteiger partial charge in [0.05, 0.1) is 6.54 Å². The highest BCUT2D eigenvalue weighted by molar-refractivity contribution is 5.97. The number of halogens is 2. The van der Waals surface area contributed by atoms with Crippen LogP contribution in [-0.4, -0.2) is 35.3 Å². The van der Waals surface area contributed by atoms with E-state index in [1.165, 1.54) is 17.0 Å². The molecule has 1 aliphatic rings. The van der Waals surface area contributed by atoms with Crippen molar-refractivity contribution in [1.82, 2.24) is 10.2 Å². The number of benzene rings is 1. The second kappa shape index (κ2) is 5.19. The SMILES string of the molecule is CC1(C)NC(=O)CN(CCc2cc(F)cc(F)c2)C1=O. The molecule has 20 heavy (non-hydrogen) atoms. The monoisotopic (exact) mass is 282 g/mol. The number of hydrogen-bond acceptors (Lipinski definition) is 2. The maximum absolute atomic E-state index is 13.1. The highest BCUT2D eigenvalue weighted by Crippen LogP contribution is 2.15. The molecule has 1 aliphatic heterocycles. The Hall–Kier alpha value is -1.98. The van der Waals surface area contributed by atoms with Crippen molar-refractivity contribution in [3.05, 3.63) is 35.4 Å². The van der Waals surface area contributed by atoms with Crippen LogP contribution in [0.15, 0.2) is 18.2 Å². The summed E-state index contributed by atoms with van der Waals surface area (Å²) in [5.41, 5.74) is -0.484. The Bertz CT molecular complexity index is 538. The van der Waals surface area contributed by atoms with E-state index in [4.69, 9.17) is 0 Å². The van der Waals surface area contributed by atoms with E-state index in [0.29, 0.717) is 12.0 Å². The van der Waals surface area contributed by atoms with Crippen molar-refractivity contribution in [3.8, 4) is 0 Å². The molecular weight excluding hydrogens is 266 g/mol. The van der Waals surface area contributed by atoms with Gasteiger partial charge in [0.2, 0.25) is 11.8 Å². The predicted octanol–water partition coefficient (Wildman–Crippen LogP) is 1.24. The summed E-state index contributed by atoms with van der Waals surface area (Å²) < 4.78 is 26.1. The lowest BCUT2D eigenvalue weighted by Gasteiger charge is -2.37. The van der Waals surface area contributed by atoms with E-state index in [2.05, 4.69) is 5.32 Å². The number of amides is 2. The summed E-state index contributed by atoms with van der Waals surface area (Å²) in [6, 6.07) is 3.25. The second-order valence-corrected chi connectivity index (χ2v) is 5.43. The minimum absolute atomic E-state index is 0.0277. The van der Waals surface area contributed by atoms with Gasteiger partial charge in [-0.3, -0.25) is 9.59 Å². The molecule has 1 N–H and O–H groups in total. The molecular formula is C14H16F2N2O2. The third-order valence-corrected chi connectivity index (χ3v) is 3.20. The summed E-state index contributed by atoms with van der Waals surface area (Å²) >= 11 is 0. The molecule has 1 heterocycles. The molecule has 0 aromatic heterocycles. The number of rotatable bonds is 3. The number of carbonyl (C=O) groups is 2. The molecule has 0 unspecified atom stereocenters. The zero-order chi connectivity index (χ0) is 14.9. The van der Waals surface area contributed by atoms with E-state index < -0.39 is 17.2 Å². The van der Waals surface area contributed by atoms with Crippen molar-refractivity contribution in [3.63, 3.8) is 0 Å². The number of nitrogens with one attached hydrogen (secondary N) is 1. The minimum Gasteiger partial charge on any atom is -0.341 e. The van der Waals surface area contributed by atoms with Crippen LogP contribution in [0.1, 0.15) is 19.4 Å². The van der Waals surface area contributed by atoms with Crippen LogP contribution < -0.4 is 5.32 Å². The van der Waals surface area contributed by atoms with Gasteiger partial charge in [0, 0.05) is 12.6 Å². The second-order valence-electron chi connectivity index (χ2n) is 5.43. The first kappa shape index (κ1) is 14.4. The molecule has 1 aromatic carbocycles. The fraction of sp³-hybridized carbons (Fsp3) is 0.429. The Kier molecular flexibility index (Phi) is 3.74. The maximum atomic E-state index is 13.1. The van der Waals surface area contributed by atoms with Gasteiger partial charge in [-0.25, -0.2) is 8.78 Å². The van der Waals surface area contributed by atoms with Crippen LogP contribution >= 0.6 is 0 Å². The lowest BCUT2D eigenvalue weighted by atomic mass is 10.00. The lowest BCUT2D eigenvalue weighted by molar-refractivity contribution is -0.148. The Labute approximate surface area is 115 Å². The Morgan fingerprint density at radius 2 is 1.80 bits per heavy atom. The highest BCUT2D eigenvalue weighted by atomic mass is 19.1. The summed E-state index contributed by atoms with van der Waals surface area (Å²) in [5, 5.41) is 2.60. The van der Waals surface area contributed by atoms with E-state index in [1.807, 2.05) is 0 Å². The maximum Gasteiger partial charge on any atom is 0.248 e. The molecule has 1 aromatic rings. The van der Waals surface area contributed by atoms with Gasteiger partial charge in [0.1, 0.15) is 17.2 Å². The van der Waals surface area contributed by atoms with E-state index in [0.717, 1.165) is 6.07 Å². The standard InChI is InChI=1S/C14H16F2N2O2/c1-14(2)13(20)18(8-12(19)17-14)4-3-9-5-10(15)7-11(16)6-9/h5-7H,3-4,8H2,1-2H3,(H,17,19). The van der Waals surface area contributed by atoms with Gasteiger partial charge in [0.15, 0.2) is 0 Å². The average Bonchev–Trinajstić information content (AvgIpc) is 2.30. The largest absolute Gasteiger partial charge is 0.341 e.